The molecule has 0 fully saturated rings. The Balaban J connectivity index is 2.02. The predicted octanol–water partition coefficient (Wildman–Crippen LogP) is 5.05. The third-order valence-corrected chi connectivity index (χ3v) is 5.20. The van der Waals surface area contributed by atoms with E-state index in [0.29, 0.717) is 0 Å². The number of nitrogens with zero attached hydrogens (tertiary/aromatic N) is 4. The molecule has 0 saturated carbocycles. The Morgan fingerprint density at radius 3 is 2.54 bits per heavy atom. The van der Waals surface area contributed by atoms with E-state index in [9.17, 15) is 0 Å². The molecule has 0 spiro atoms. The number of hydrogen-bond donors (Lipinski definition) is 0. The average Bonchev–Trinajstić information content (AvgIpc) is 3.08. The number of rotatable bonds is 0. The molecule has 0 bridgehead atoms. The van der Waals surface area contributed by atoms with Gasteiger partial charge in [-0.2, -0.15) is 0 Å². The van der Waals surface area contributed by atoms with Gasteiger partial charge >= 0.3 is 0 Å². The van der Waals surface area contributed by atoms with E-state index in [1.54, 1.807) is 6.33 Å². The van der Waals surface area contributed by atoms with Crippen molar-refractivity contribution in [3.8, 4) is 0 Å². The van der Waals surface area contributed by atoms with Gasteiger partial charge in [0.05, 0.1) is 27.5 Å². The van der Waals surface area contributed by atoms with E-state index in [4.69, 9.17) is 4.98 Å². The van der Waals surface area contributed by atoms with Crippen LogP contribution in [0.1, 0.15) is 5.56 Å². The van der Waals surface area contributed by atoms with Crippen molar-refractivity contribution in [1.82, 2.24) is 19.4 Å². The Bertz CT molecular complexity index is 1490. The normalized spacial score (nSPS) is 12.0. The molecule has 6 aromatic rings. The molecule has 3 heterocycles. The lowest BCUT2D eigenvalue weighted by atomic mass is 10.0. The van der Waals surface area contributed by atoms with E-state index in [0.717, 1.165) is 38.5 Å². The van der Waals surface area contributed by atoms with Gasteiger partial charge in [0.1, 0.15) is 12.0 Å². The minimum atomic E-state index is 0.910. The Hall–Kier alpha value is -3.53. The summed E-state index contributed by atoms with van der Waals surface area (Å²) in [5.74, 6) is 0. The third kappa shape index (κ3) is 1.66. The molecule has 4 nitrogen and oxygen atoms in total. The van der Waals surface area contributed by atoms with Crippen LogP contribution in [0.2, 0.25) is 0 Å². The van der Waals surface area contributed by atoms with E-state index in [-0.39, 0.29) is 0 Å². The smallest absolute Gasteiger partial charge is 0.149 e. The van der Waals surface area contributed by atoms with Crippen LogP contribution in [0.3, 0.4) is 0 Å². The zero-order valence-electron chi connectivity index (χ0n) is 14.1. The SMILES string of the molecule is Cc1cccc2c1nc1c3cncnc3c3cc4ccccc4cc3n21. The average molecular weight is 334 g/mol. The van der Waals surface area contributed by atoms with E-state index in [1.165, 1.54) is 16.3 Å². The van der Waals surface area contributed by atoms with Gasteiger partial charge in [-0.15, -0.1) is 0 Å². The highest BCUT2D eigenvalue weighted by Crippen LogP contribution is 2.33. The summed E-state index contributed by atoms with van der Waals surface area (Å²) in [7, 11) is 0. The molecule has 0 saturated heterocycles. The van der Waals surface area contributed by atoms with Crippen LogP contribution in [0, 0.1) is 6.92 Å². The molecule has 0 unspecified atom stereocenters. The molecule has 0 N–H and O–H groups in total. The van der Waals surface area contributed by atoms with Crippen molar-refractivity contribution in [2.45, 2.75) is 6.92 Å². The van der Waals surface area contributed by atoms with Crippen molar-refractivity contribution in [2.75, 3.05) is 0 Å². The number of hydrogen-bond acceptors (Lipinski definition) is 3. The Morgan fingerprint density at radius 2 is 1.65 bits per heavy atom. The van der Waals surface area contributed by atoms with Gasteiger partial charge in [0.25, 0.3) is 0 Å². The molecule has 4 heteroatoms. The minimum absolute atomic E-state index is 0.910. The maximum atomic E-state index is 4.96. The van der Waals surface area contributed by atoms with E-state index < -0.39 is 0 Å². The van der Waals surface area contributed by atoms with Crippen molar-refractivity contribution in [1.29, 1.82) is 0 Å². The van der Waals surface area contributed by atoms with Crippen LogP contribution in [0.5, 0.6) is 0 Å². The zero-order chi connectivity index (χ0) is 17.3. The summed E-state index contributed by atoms with van der Waals surface area (Å²) in [6, 6.07) is 19.2. The molecule has 0 aliphatic rings. The number of para-hydroxylation sites is 1. The van der Waals surface area contributed by atoms with Gasteiger partial charge in [-0.25, -0.2) is 15.0 Å². The second kappa shape index (κ2) is 4.76. The zero-order valence-corrected chi connectivity index (χ0v) is 14.1. The largest absolute Gasteiger partial charge is 0.292 e. The van der Waals surface area contributed by atoms with Crippen LogP contribution >= 0.6 is 0 Å². The van der Waals surface area contributed by atoms with Crippen molar-refractivity contribution >= 4 is 49.3 Å². The highest BCUT2D eigenvalue weighted by molar-refractivity contribution is 6.14. The summed E-state index contributed by atoms with van der Waals surface area (Å²) in [6.45, 7) is 2.10. The molecule has 26 heavy (non-hydrogen) atoms. The highest BCUT2D eigenvalue weighted by atomic mass is 15.0. The van der Waals surface area contributed by atoms with Gasteiger partial charge in [0, 0.05) is 11.6 Å². The number of aryl methyl sites for hydroxylation is 1. The first kappa shape index (κ1) is 13.7. The lowest BCUT2D eigenvalue weighted by molar-refractivity contribution is 1.21. The number of aromatic nitrogens is 4. The van der Waals surface area contributed by atoms with Crippen LogP contribution in [-0.4, -0.2) is 19.4 Å². The Morgan fingerprint density at radius 1 is 0.808 bits per heavy atom. The standard InChI is InChI=1S/C22H14N4/c1-13-5-4-8-18-20(13)25-22-17-11-23-12-24-21(17)16-9-14-6-2-3-7-15(14)10-19(16)26(18)22/h2-12H,1H3. The molecule has 0 amide bonds. The Kier molecular flexibility index (Phi) is 2.51. The summed E-state index contributed by atoms with van der Waals surface area (Å²) in [6.07, 6.45) is 3.48. The van der Waals surface area contributed by atoms with Crippen molar-refractivity contribution in [2.24, 2.45) is 0 Å². The monoisotopic (exact) mass is 334 g/mol. The first-order chi connectivity index (χ1) is 12.8. The minimum Gasteiger partial charge on any atom is -0.292 e. The molecule has 0 radical (unpaired) electrons. The Labute approximate surface area is 148 Å². The van der Waals surface area contributed by atoms with Crippen molar-refractivity contribution in [3.63, 3.8) is 0 Å². The molecule has 0 aliphatic heterocycles. The summed E-state index contributed by atoms with van der Waals surface area (Å²) < 4.78 is 2.25. The molecule has 0 aliphatic carbocycles. The van der Waals surface area contributed by atoms with Crippen molar-refractivity contribution < 1.29 is 0 Å². The van der Waals surface area contributed by atoms with Crippen LogP contribution in [-0.2, 0) is 0 Å². The summed E-state index contributed by atoms with van der Waals surface area (Å²) in [5, 5.41) is 4.52. The van der Waals surface area contributed by atoms with Crippen LogP contribution < -0.4 is 0 Å². The first-order valence-electron chi connectivity index (χ1n) is 8.63. The fourth-order valence-electron chi connectivity index (χ4n) is 3.97. The molecular weight excluding hydrogens is 320 g/mol. The van der Waals surface area contributed by atoms with E-state index in [2.05, 4.69) is 75.9 Å². The fourth-order valence-corrected chi connectivity index (χ4v) is 3.97. The summed E-state index contributed by atoms with van der Waals surface area (Å²) >= 11 is 0. The van der Waals surface area contributed by atoms with Crippen LogP contribution in [0.25, 0.3) is 49.3 Å². The molecule has 122 valence electrons. The third-order valence-electron chi connectivity index (χ3n) is 5.20. The topological polar surface area (TPSA) is 43.1 Å². The van der Waals surface area contributed by atoms with Gasteiger partial charge in [0.2, 0.25) is 0 Å². The first-order valence-corrected chi connectivity index (χ1v) is 8.63. The summed E-state index contributed by atoms with van der Waals surface area (Å²) in [5.41, 5.74) is 6.29. The van der Waals surface area contributed by atoms with Crippen molar-refractivity contribution in [3.05, 3.63) is 72.7 Å². The van der Waals surface area contributed by atoms with E-state index in [1.807, 2.05) is 6.20 Å². The molecule has 3 aromatic carbocycles. The van der Waals surface area contributed by atoms with Gasteiger partial charge in [-0.05, 0) is 41.5 Å². The van der Waals surface area contributed by atoms with Crippen LogP contribution in [0.4, 0.5) is 0 Å². The second-order valence-corrected chi connectivity index (χ2v) is 6.71. The number of benzene rings is 3. The second-order valence-electron chi connectivity index (χ2n) is 6.71. The molecule has 6 rings (SSSR count). The van der Waals surface area contributed by atoms with Gasteiger partial charge in [-0.3, -0.25) is 4.40 Å². The molecule has 0 atom stereocenters. The number of imidazole rings is 1. The van der Waals surface area contributed by atoms with Gasteiger partial charge < -0.3 is 0 Å². The molecular formula is C22H14N4. The number of fused-ring (bicyclic) bond motifs is 9. The maximum absolute atomic E-state index is 4.96. The maximum Gasteiger partial charge on any atom is 0.149 e. The molecule has 3 aromatic heterocycles. The summed E-state index contributed by atoms with van der Waals surface area (Å²) in [4.78, 5) is 13.8. The van der Waals surface area contributed by atoms with Crippen LogP contribution in [0.15, 0.2) is 67.1 Å². The predicted molar refractivity (Wildman–Crippen MR) is 106 cm³/mol. The highest BCUT2D eigenvalue weighted by Gasteiger charge is 2.15. The lowest BCUT2D eigenvalue weighted by Crippen LogP contribution is -1.94. The lowest BCUT2D eigenvalue weighted by Gasteiger charge is -2.09. The van der Waals surface area contributed by atoms with E-state index >= 15 is 0 Å². The van der Waals surface area contributed by atoms with Gasteiger partial charge in [0.15, 0.2) is 0 Å². The number of pyridine rings is 1. The van der Waals surface area contributed by atoms with Gasteiger partial charge in [-0.1, -0.05) is 36.4 Å². The fraction of sp³-hybridized carbons (Fsp3) is 0.0455. The quantitative estimate of drug-likeness (QED) is 0.288.